The number of fused-ring (bicyclic) bond motifs is 1. The van der Waals surface area contributed by atoms with Crippen molar-refractivity contribution < 1.29 is 19.0 Å². The maximum atomic E-state index is 13.5. The van der Waals surface area contributed by atoms with Crippen molar-refractivity contribution in [3.8, 4) is 17.2 Å². The van der Waals surface area contributed by atoms with Gasteiger partial charge >= 0.3 is 0 Å². The molecule has 0 bridgehead atoms. The number of amides is 1. The van der Waals surface area contributed by atoms with Crippen molar-refractivity contribution in [2.45, 2.75) is 26.4 Å². The molecular weight excluding hydrogens is 356 g/mol. The van der Waals surface area contributed by atoms with Gasteiger partial charge in [-0.25, -0.2) is 0 Å². The fraction of sp³-hybridized carbons (Fsp3) is 0.318. The summed E-state index contributed by atoms with van der Waals surface area (Å²) >= 11 is 0. The summed E-state index contributed by atoms with van der Waals surface area (Å²) in [6, 6.07) is 11.8. The maximum absolute atomic E-state index is 13.5. The minimum absolute atomic E-state index is 0.0313. The molecule has 148 valence electrons. The van der Waals surface area contributed by atoms with Gasteiger partial charge < -0.3 is 24.1 Å². The average molecular weight is 382 g/mol. The van der Waals surface area contributed by atoms with Gasteiger partial charge in [0.2, 0.25) is 5.75 Å². The molecule has 3 aromatic rings. The highest BCUT2D eigenvalue weighted by molar-refractivity contribution is 6.10. The van der Waals surface area contributed by atoms with Gasteiger partial charge in [-0.05, 0) is 19.4 Å². The van der Waals surface area contributed by atoms with E-state index in [1.807, 2.05) is 55.1 Å². The normalized spacial score (nSPS) is 10.9. The van der Waals surface area contributed by atoms with Gasteiger partial charge in [0.05, 0.1) is 37.8 Å². The summed E-state index contributed by atoms with van der Waals surface area (Å²) < 4.78 is 16.5. The third kappa shape index (κ3) is 3.50. The molecule has 0 unspecified atom stereocenters. The summed E-state index contributed by atoms with van der Waals surface area (Å²) in [6.45, 7) is 4.55. The predicted molar refractivity (Wildman–Crippen MR) is 109 cm³/mol. The molecule has 0 spiro atoms. The smallest absolute Gasteiger partial charge is 0.256 e. The first-order valence-electron chi connectivity index (χ1n) is 9.16. The lowest BCUT2D eigenvalue weighted by atomic mass is 10.1. The molecule has 1 amide bonds. The quantitative estimate of drug-likeness (QED) is 0.664. The van der Waals surface area contributed by atoms with Crippen molar-refractivity contribution in [2.24, 2.45) is 0 Å². The number of ether oxygens (including phenoxy) is 3. The van der Waals surface area contributed by atoms with Crippen molar-refractivity contribution in [1.29, 1.82) is 0 Å². The van der Waals surface area contributed by atoms with E-state index in [2.05, 4.69) is 4.98 Å². The summed E-state index contributed by atoms with van der Waals surface area (Å²) in [5, 5.41) is 0.684. The molecule has 0 saturated heterocycles. The van der Waals surface area contributed by atoms with Gasteiger partial charge in [0.1, 0.15) is 0 Å². The zero-order valence-electron chi connectivity index (χ0n) is 16.9. The Labute approximate surface area is 165 Å². The highest BCUT2D eigenvalue weighted by Gasteiger charge is 2.26. The van der Waals surface area contributed by atoms with E-state index in [0.29, 0.717) is 34.7 Å². The minimum Gasteiger partial charge on any atom is -0.493 e. The third-order valence-electron chi connectivity index (χ3n) is 4.78. The Balaban J connectivity index is 2.09. The number of nitrogens with one attached hydrogen (secondary N) is 1. The maximum Gasteiger partial charge on any atom is 0.256 e. The van der Waals surface area contributed by atoms with E-state index in [4.69, 9.17) is 14.2 Å². The Morgan fingerprint density at radius 3 is 2.29 bits per heavy atom. The monoisotopic (exact) mass is 382 g/mol. The van der Waals surface area contributed by atoms with Crippen LogP contribution in [0, 0.1) is 0 Å². The first kappa shape index (κ1) is 19.6. The van der Waals surface area contributed by atoms with Gasteiger partial charge in [-0.1, -0.05) is 30.3 Å². The highest BCUT2D eigenvalue weighted by atomic mass is 16.5. The Bertz CT molecular complexity index is 964. The van der Waals surface area contributed by atoms with Crippen LogP contribution in [0.15, 0.2) is 42.6 Å². The zero-order valence-corrected chi connectivity index (χ0v) is 16.9. The average Bonchev–Trinajstić information content (AvgIpc) is 3.14. The second kappa shape index (κ2) is 8.25. The Hall–Kier alpha value is -3.15. The van der Waals surface area contributed by atoms with Gasteiger partial charge in [0.15, 0.2) is 11.5 Å². The molecule has 6 heteroatoms. The number of aromatic nitrogens is 1. The van der Waals surface area contributed by atoms with Crippen molar-refractivity contribution >= 4 is 16.8 Å². The molecule has 1 aromatic heterocycles. The van der Waals surface area contributed by atoms with Crippen LogP contribution in [0.4, 0.5) is 0 Å². The largest absolute Gasteiger partial charge is 0.493 e. The van der Waals surface area contributed by atoms with E-state index in [9.17, 15) is 4.79 Å². The highest BCUT2D eigenvalue weighted by Crippen LogP contribution is 2.44. The first-order valence-corrected chi connectivity index (χ1v) is 9.16. The number of carbonyl (C=O) groups is 1. The van der Waals surface area contributed by atoms with Crippen LogP contribution < -0.4 is 14.2 Å². The molecule has 3 rings (SSSR count). The van der Waals surface area contributed by atoms with Gasteiger partial charge in [0, 0.05) is 24.8 Å². The molecule has 28 heavy (non-hydrogen) atoms. The van der Waals surface area contributed by atoms with Crippen molar-refractivity contribution in [1.82, 2.24) is 9.88 Å². The van der Waals surface area contributed by atoms with E-state index in [1.165, 1.54) is 0 Å². The summed E-state index contributed by atoms with van der Waals surface area (Å²) in [7, 11) is 4.68. The summed E-state index contributed by atoms with van der Waals surface area (Å²) in [5.74, 6) is 1.41. The van der Waals surface area contributed by atoms with Crippen LogP contribution in [0.25, 0.3) is 10.9 Å². The molecule has 0 saturated carbocycles. The number of aromatic amines is 1. The number of rotatable bonds is 7. The molecule has 0 aliphatic heterocycles. The summed E-state index contributed by atoms with van der Waals surface area (Å²) in [4.78, 5) is 18.5. The Kier molecular flexibility index (Phi) is 5.78. The van der Waals surface area contributed by atoms with Crippen LogP contribution in [0.1, 0.15) is 29.8 Å². The van der Waals surface area contributed by atoms with Gasteiger partial charge in [-0.15, -0.1) is 0 Å². The van der Waals surface area contributed by atoms with Crippen molar-refractivity contribution in [3.05, 3.63) is 53.7 Å². The van der Waals surface area contributed by atoms with Gasteiger partial charge in [-0.2, -0.15) is 0 Å². The Morgan fingerprint density at radius 1 is 1.04 bits per heavy atom. The Morgan fingerprint density at radius 2 is 1.71 bits per heavy atom. The van der Waals surface area contributed by atoms with Crippen molar-refractivity contribution in [3.63, 3.8) is 0 Å². The fourth-order valence-corrected chi connectivity index (χ4v) is 3.35. The van der Waals surface area contributed by atoms with Gasteiger partial charge in [0.25, 0.3) is 5.91 Å². The SMILES string of the molecule is COc1cc2[nH]cc(C(=O)N(Cc3ccccc3)C(C)C)c2c(OC)c1OC. The first-order chi connectivity index (χ1) is 13.5. The number of hydrogen-bond acceptors (Lipinski definition) is 4. The van der Waals surface area contributed by atoms with E-state index >= 15 is 0 Å². The lowest BCUT2D eigenvalue weighted by Gasteiger charge is -2.27. The molecule has 0 fully saturated rings. The number of nitrogens with zero attached hydrogens (tertiary/aromatic N) is 1. The van der Waals surface area contributed by atoms with E-state index in [0.717, 1.165) is 11.1 Å². The molecule has 1 N–H and O–H groups in total. The number of benzene rings is 2. The summed E-state index contributed by atoms with van der Waals surface area (Å²) in [5.41, 5.74) is 2.37. The second-order valence-corrected chi connectivity index (χ2v) is 6.78. The van der Waals surface area contributed by atoms with E-state index in [1.54, 1.807) is 27.5 Å². The van der Waals surface area contributed by atoms with Crippen LogP contribution in [0.2, 0.25) is 0 Å². The van der Waals surface area contributed by atoms with Crippen LogP contribution in [-0.2, 0) is 6.54 Å². The molecule has 0 radical (unpaired) electrons. The lowest BCUT2D eigenvalue weighted by Crippen LogP contribution is -2.36. The van der Waals surface area contributed by atoms with E-state index in [-0.39, 0.29) is 11.9 Å². The summed E-state index contributed by atoms with van der Waals surface area (Å²) in [6.07, 6.45) is 1.72. The van der Waals surface area contributed by atoms with Crippen molar-refractivity contribution in [2.75, 3.05) is 21.3 Å². The fourth-order valence-electron chi connectivity index (χ4n) is 3.35. The standard InChI is InChI=1S/C22H26N2O4/c1-14(2)24(13-15-9-7-6-8-10-15)22(25)16-12-23-17-11-18(26-3)20(27-4)21(28-5)19(16)17/h6-12,14,23H,13H2,1-5H3. The topological polar surface area (TPSA) is 63.8 Å². The minimum atomic E-state index is -0.0735. The molecule has 2 aromatic carbocycles. The predicted octanol–water partition coefficient (Wildman–Crippen LogP) is 4.24. The number of carbonyl (C=O) groups excluding carboxylic acids is 1. The van der Waals surface area contributed by atoms with Crippen LogP contribution in [0.3, 0.4) is 0 Å². The molecule has 1 heterocycles. The zero-order chi connectivity index (χ0) is 20.3. The van der Waals surface area contributed by atoms with Gasteiger partial charge in [-0.3, -0.25) is 4.79 Å². The third-order valence-corrected chi connectivity index (χ3v) is 4.78. The molecule has 0 atom stereocenters. The molecular formula is C22H26N2O4. The van der Waals surface area contributed by atoms with Crippen LogP contribution in [0.5, 0.6) is 17.2 Å². The number of H-pyrrole nitrogens is 1. The second-order valence-electron chi connectivity index (χ2n) is 6.78. The van der Waals surface area contributed by atoms with Crippen LogP contribution >= 0.6 is 0 Å². The number of methoxy groups -OCH3 is 3. The molecule has 6 nitrogen and oxygen atoms in total. The molecule has 0 aliphatic carbocycles. The van der Waals surface area contributed by atoms with Crippen LogP contribution in [-0.4, -0.2) is 43.2 Å². The van der Waals surface area contributed by atoms with E-state index < -0.39 is 0 Å². The lowest BCUT2D eigenvalue weighted by molar-refractivity contribution is 0.0692. The number of hydrogen-bond donors (Lipinski definition) is 1. The molecule has 0 aliphatic rings.